The fourth-order valence-electron chi connectivity index (χ4n) is 1.10. The Hall–Kier alpha value is -1.05. The van der Waals surface area contributed by atoms with Crippen LogP contribution in [0.3, 0.4) is 0 Å². The fraction of sp³-hybridized carbons (Fsp3) is 0.500. The number of allylic oxidation sites excluding steroid dienone is 3. The number of dihydropyridines is 1. The zero-order chi connectivity index (χ0) is 8.97. The second-order valence-electron chi connectivity index (χ2n) is 3.26. The van der Waals surface area contributed by atoms with Crippen LogP contribution in [-0.2, 0) is 4.79 Å². The molecule has 0 aromatic carbocycles. The molecule has 0 radical (unpaired) electrons. The monoisotopic (exact) mass is 165 g/mol. The Labute approximate surface area is 73.4 Å². The molecule has 0 saturated heterocycles. The molecule has 1 rings (SSSR count). The average Bonchev–Trinajstić information content (AvgIpc) is 2.03. The van der Waals surface area contributed by atoms with E-state index in [0.717, 1.165) is 13.0 Å². The van der Waals surface area contributed by atoms with Crippen molar-refractivity contribution in [2.24, 2.45) is 0 Å². The van der Waals surface area contributed by atoms with E-state index < -0.39 is 0 Å². The van der Waals surface area contributed by atoms with Crippen molar-refractivity contribution >= 4 is 5.78 Å². The highest BCUT2D eigenvalue weighted by Crippen LogP contribution is 2.08. The second kappa shape index (κ2) is 4.10. The van der Waals surface area contributed by atoms with E-state index in [9.17, 15) is 4.79 Å². The number of ketones is 1. The van der Waals surface area contributed by atoms with Crippen LogP contribution < -0.4 is 5.32 Å². The van der Waals surface area contributed by atoms with Gasteiger partial charge < -0.3 is 10.1 Å². The molecule has 0 bridgehead atoms. The van der Waals surface area contributed by atoms with Crippen LogP contribution >= 0.6 is 0 Å². The van der Waals surface area contributed by atoms with Crippen LogP contribution in [0.2, 0.25) is 0 Å². The Morgan fingerprint density at radius 3 is 2.83 bits per heavy atom. The summed E-state index contributed by atoms with van der Waals surface area (Å²) in [5.41, 5.74) is 2.51. The lowest BCUT2D eigenvalue weighted by Crippen LogP contribution is -2.18. The van der Waals surface area contributed by atoms with E-state index in [-0.39, 0.29) is 5.78 Å². The van der Waals surface area contributed by atoms with Crippen LogP contribution in [0.5, 0.6) is 0 Å². The van der Waals surface area contributed by atoms with E-state index in [0.29, 0.717) is 6.42 Å². The number of carbonyl (C=O) groups excluding carboxylic acids is 1. The lowest BCUT2D eigenvalue weighted by molar-refractivity contribution is -0.116. The molecule has 0 aromatic rings. The van der Waals surface area contributed by atoms with Gasteiger partial charge in [-0.3, -0.25) is 0 Å². The molecule has 0 spiro atoms. The minimum Gasteiger partial charge on any atom is -0.385 e. The van der Waals surface area contributed by atoms with Crippen molar-refractivity contribution in [2.75, 3.05) is 6.54 Å². The van der Waals surface area contributed by atoms with E-state index >= 15 is 0 Å². The fourth-order valence-corrected chi connectivity index (χ4v) is 1.10. The first-order chi connectivity index (χ1) is 5.68. The molecule has 0 amide bonds. The molecule has 0 aliphatic carbocycles. The van der Waals surface area contributed by atoms with Gasteiger partial charge >= 0.3 is 0 Å². The van der Waals surface area contributed by atoms with E-state index in [1.807, 2.05) is 0 Å². The Morgan fingerprint density at radius 2 is 2.33 bits per heavy atom. The lowest BCUT2D eigenvalue weighted by Gasteiger charge is -2.14. The summed E-state index contributed by atoms with van der Waals surface area (Å²) in [6, 6.07) is 0. The molecule has 0 atom stereocenters. The summed E-state index contributed by atoms with van der Waals surface area (Å²) in [5.74, 6) is 0.254. The second-order valence-corrected chi connectivity index (χ2v) is 3.26. The molecule has 0 saturated carbocycles. The highest BCUT2D eigenvalue weighted by molar-refractivity contribution is 5.75. The molecule has 2 nitrogen and oxygen atoms in total. The SMILES string of the molecule is CC(=O)CCC1=CC=C(C)CN1. The first kappa shape index (κ1) is 9.04. The summed E-state index contributed by atoms with van der Waals surface area (Å²) >= 11 is 0. The summed E-state index contributed by atoms with van der Waals surface area (Å²) in [6.45, 7) is 4.64. The van der Waals surface area contributed by atoms with Gasteiger partial charge in [-0.2, -0.15) is 0 Å². The number of carbonyl (C=O) groups is 1. The lowest BCUT2D eigenvalue weighted by atomic mass is 10.1. The van der Waals surface area contributed by atoms with Crippen LogP contribution in [0.4, 0.5) is 0 Å². The van der Waals surface area contributed by atoms with Crippen molar-refractivity contribution in [3.05, 3.63) is 23.4 Å². The van der Waals surface area contributed by atoms with Crippen LogP contribution in [0.1, 0.15) is 26.7 Å². The third-order valence-electron chi connectivity index (χ3n) is 1.91. The maximum Gasteiger partial charge on any atom is 0.130 e. The molecule has 0 unspecified atom stereocenters. The quantitative estimate of drug-likeness (QED) is 0.690. The summed E-state index contributed by atoms with van der Waals surface area (Å²) < 4.78 is 0. The third kappa shape index (κ3) is 2.91. The minimum atomic E-state index is 0.254. The number of hydrogen-bond donors (Lipinski definition) is 1. The molecule has 0 fully saturated rings. The summed E-state index contributed by atoms with van der Waals surface area (Å²) in [7, 11) is 0. The standard InChI is InChI=1S/C10H15NO/c1-8-3-5-10(11-7-8)6-4-9(2)12/h3,5,11H,4,6-7H2,1-2H3. The molecule has 12 heavy (non-hydrogen) atoms. The molecule has 1 aliphatic rings. The van der Waals surface area contributed by atoms with Gasteiger partial charge in [0.15, 0.2) is 0 Å². The third-order valence-corrected chi connectivity index (χ3v) is 1.91. The van der Waals surface area contributed by atoms with Crippen molar-refractivity contribution in [3.63, 3.8) is 0 Å². The van der Waals surface area contributed by atoms with Gasteiger partial charge in [0.1, 0.15) is 5.78 Å². The van der Waals surface area contributed by atoms with Gasteiger partial charge in [0.2, 0.25) is 0 Å². The Morgan fingerprint density at radius 1 is 1.58 bits per heavy atom. The van der Waals surface area contributed by atoms with Crippen molar-refractivity contribution < 1.29 is 4.79 Å². The number of nitrogens with one attached hydrogen (secondary N) is 1. The first-order valence-corrected chi connectivity index (χ1v) is 4.28. The minimum absolute atomic E-state index is 0.254. The first-order valence-electron chi connectivity index (χ1n) is 4.28. The summed E-state index contributed by atoms with van der Waals surface area (Å²) in [4.78, 5) is 10.7. The molecule has 66 valence electrons. The molecule has 1 aliphatic heterocycles. The van der Waals surface area contributed by atoms with Gasteiger partial charge in [0.25, 0.3) is 0 Å². The highest BCUT2D eigenvalue weighted by Gasteiger charge is 2.02. The van der Waals surface area contributed by atoms with Crippen LogP contribution in [0.15, 0.2) is 23.4 Å². The summed E-state index contributed by atoms with van der Waals surface area (Å²) in [6.07, 6.45) is 5.65. The topological polar surface area (TPSA) is 29.1 Å². The largest absolute Gasteiger partial charge is 0.385 e. The zero-order valence-corrected chi connectivity index (χ0v) is 7.68. The maximum atomic E-state index is 10.7. The number of Topliss-reactive ketones (excluding diaryl/α,β-unsaturated/α-hetero) is 1. The van der Waals surface area contributed by atoms with Gasteiger partial charge in [-0.15, -0.1) is 0 Å². The molecule has 1 heterocycles. The summed E-state index contributed by atoms with van der Waals surface area (Å²) in [5, 5.41) is 3.26. The van der Waals surface area contributed by atoms with Gasteiger partial charge in [-0.25, -0.2) is 0 Å². The predicted molar refractivity (Wildman–Crippen MR) is 49.8 cm³/mol. The predicted octanol–water partition coefficient (Wildman–Crippen LogP) is 1.79. The van der Waals surface area contributed by atoms with E-state index in [2.05, 4.69) is 24.4 Å². The van der Waals surface area contributed by atoms with Gasteiger partial charge in [-0.1, -0.05) is 11.6 Å². The Bertz CT molecular complexity index is 238. The average molecular weight is 165 g/mol. The smallest absolute Gasteiger partial charge is 0.130 e. The maximum absolute atomic E-state index is 10.7. The number of hydrogen-bond acceptors (Lipinski definition) is 2. The Balaban J connectivity index is 2.39. The van der Waals surface area contributed by atoms with Gasteiger partial charge in [0, 0.05) is 18.7 Å². The van der Waals surface area contributed by atoms with Crippen LogP contribution in [-0.4, -0.2) is 12.3 Å². The normalized spacial score (nSPS) is 16.2. The highest BCUT2D eigenvalue weighted by atomic mass is 16.1. The van der Waals surface area contributed by atoms with Crippen molar-refractivity contribution in [3.8, 4) is 0 Å². The number of rotatable bonds is 3. The molecular formula is C10H15NO. The molecule has 2 heteroatoms. The van der Waals surface area contributed by atoms with E-state index in [1.54, 1.807) is 6.92 Å². The molecular weight excluding hydrogens is 150 g/mol. The van der Waals surface area contributed by atoms with Crippen LogP contribution in [0, 0.1) is 0 Å². The van der Waals surface area contributed by atoms with E-state index in [4.69, 9.17) is 0 Å². The van der Waals surface area contributed by atoms with Crippen molar-refractivity contribution in [1.82, 2.24) is 5.32 Å². The molecule has 0 aromatic heterocycles. The van der Waals surface area contributed by atoms with Crippen molar-refractivity contribution in [1.29, 1.82) is 0 Å². The van der Waals surface area contributed by atoms with Crippen LogP contribution in [0.25, 0.3) is 0 Å². The van der Waals surface area contributed by atoms with Gasteiger partial charge in [-0.05, 0) is 26.3 Å². The van der Waals surface area contributed by atoms with Gasteiger partial charge in [0.05, 0.1) is 0 Å². The zero-order valence-electron chi connectivity index (χ0n) is 7.68. The Kier molecular flexibility index (Phi) is 3.09. The van der Waals surface area contributed by atoms with E-state index in [1.165, 1.54) is 11.3 Å². The van der Waals surface area contributed by atoms with Crippen molar-refractivity contribution in [2.45, 2.75) is 26.7 Å². The molecule has 1 N–H and O–H groups in total.